The molecule has 1 nitrogen and oxygen atoms in total. The second kappa shape index (κ2) is 3.93. The minimum Gasteiger partial charge on any atom is -0.376 e. The van der Waals surface area contributed by atoms with Crippen LogP contribution >= 0.6 is 0 Å². The molecule has 0 aromatic heterocycles. The van der Waals surface area contributed by atoms with E-state index in [0.717, 1.165) is 6.42 Å². The van der Waals surface area contributed by atoms with Gasteiger partial charge in [0.2, 0.25) is 5.60 Å². The van der Waals surface area contributed by atoms with Gasteiger partial charge in [0.1, 0.15) is 0 Å². The Morgan fingerprint density at radius 1 is 1.18 bits per heavy atom. The van der Waals surface area contributed by atoms with Crippen LogP contribution in [0.4, 0.5) is 22.0 Å². The van der Waals surface area contributed by atoms with Gasteiger partial charge in [0.15, 0.2) is 0 Å². The van der Waals surface area contributed by atoms with E-state index < -0.39 is 30.5 Å². The molecular formula is C11H13F5O. The number of alkyl halides is 5. The molecule has 0 aromatic carbocycles. The molecule has 1 N–H and O–H groups in total. The molecule has 2 rings (SSSR count). The summed E-state index contributed by atoms with van der Waals surface area (Å²) in [6.07, 6.45) is -5.11. The maximum Gasteiger partial charge on any atom is 0.422 e. The van der Waals surface area contributed by atoms with Crippen LogP contribution in [0.5, 0.6) is 0 Å². The molecule has 2 aliphatic rings. The highest BCUT2D eigenvalue weighted by atomic mass is 19.4. The van der Waals surface area contributed by atoms with Crippen LogP contribution in [0.15, 0.2) is 12.2 Å². The van der Waals surface area contributed by atoms with E-state index in [4.69, 9.17) is 0 Å². The first-order valence-corrected chi connectivity index (χ1v) is 5.49. The SMILES string of the molecule is OC(CC1CC2C=CC1C2)(C(F)F)C(F)(F)F. The average Bonchev–Trinajstić information content (AvgIpc) is 2.76. The molecule has 98 valence electrons. The van der Waals surface area contributed by atoms with Crippen LogP contribution in [-0.4, -0.2) is 23.3 Å². The van der Waals surface area contributed by atoms with Crippen molar-refractivity contribution in [2.45, 2.75) is 37.5 Å². The largest absolute Gasteiger partial charge is 0.422 e. The van der Waals surface area contributed by atoms with E-state index >= 15 is 0 Å². The number of aliphatic hydroxyl groups is 1. The third-order valence-electron chi connectivity index (χ3n) is 3.84. The molecule has 2 aliphatic carbocycles. The first-order valence-electron chi connectivity index (χ1n) is 5.49. The van der Waals surface area contributed by atoms with Crippen molar-refractivity contribution >= 4 is 0 Å². The zero-order chi connectivity index (χ0) is 12.8. The molecule has 6 heteroatoms. The molecule has 0 heterocycles. The van der Waals surface area contributed by atoms with E-state index in [9.17, 15) is 27.1 Å². The fraction of sp³-hybridized carbons (Fsp3) is 0.818. The summed E-state index contributed by atoms with van der Waals surface area (Å²) in [4.78, 5) is 0. The Kier molecular flexibility index (Phi) is 2.96. The van der Waals surface area contributed by atoms with Crippen molar-refractivity contribution in [3.8, 4) is 0 Å². The summed E-state index contributed by atoms with van der Waals surface area (Å²) < 4.78 is 62.5. The van der Waals surface area contributed by atoms with E-state index in [0.29, 0.717) is 6.42 Å². The van der Waals surface area contributed by atoms with E-state index in [1.54, 1.807) is 6.08 Å². The quantitative estimate of drug-likeness (QED) is 0.607. The Bertz CT molecular complexity index is 324. The van der Waals surface area contributed by atoms with Gasteiger partial charge in [-0.15, -0.1) is 0 Å². The van der Waals surface area contributed by atoms with Crippen molar-refractivity contribution in [2.24, 2.45) is 17.8 Å². The maximum absolute atomic E-state index is 12.5. The number of rotatable bonds is 3. The van der Waals surface area contributed by atoms with Crippen LogP contribution in [0.3, 0.4) is 0 Å². The summed E-state index contributed by atoms with van der Waals surface area (Å²) in [5.74, 6) is -0.390. The standard InChI is InChI=1S/C11H13F5O/c12-9(13)10(17,11(14,15)16)5-8-4-6-1-2-7(8)3-6/h1-2,6-9,17H,3-5H2. The van der Waals surface area contributed by atoms with Crippen LogP contribution in [0.1, 0.15) is 19.3 Å². The first kappa shape index (κ1) is 12.8. The summed E-state index contributed by atoms with van der Waals surface area (Å²) >= 11 is 0. The van der Waals surface area contributed by atoms with Crippen LogP contribution in [0.2, 0.25) is 0 Å². The molecule has 2 bridgehead atoms. The highest BCUT2D eigenvalue weighted by molar-refractivity contribution is 5.11. The lowest BCUT2D eigenvalue weighted by molar-refractivity contribution is -0.304. The van der Waals surface area contributed by atoms with Crippen LogP contribution in [0, 0.1) is 17.8 Å². The number of hydrogen-bond donors (Lipinski definition) is 1. The summed E-state index contributed by atoms with van der Waals surface area (Å²) in [5.41, 5.74) is -3.87. The van der Waals surface area contributed by atoms with Crippen LogP contribution < -0.4 is 0 Å². The van der Waals surface area contributed by atoms with Crippen molar-refractivity contribution in [2.75, 3.05) is 0 Å². The molecule has 1 fully saturated rings. The average molecular weight is 256 g/mol. The van der Waals surface area contributed by atoms with E-state index in [1.807, 2.05) is 6.08 Å². The Hall–Kier alpha value is -0.650. The minimum atomic E-state index is -5.29. The summed E-state index contributed by atoms with van der Waals surface area (Å²) in [6, 6.07) is 0. The molecule has 4 unspecified atom stereocenters. The molecule has 0 aliphatic heterocycles. The molecular weight excluding hydrogens is 243 g/mol. The lowest BCUT2D eigenvalue weighted by Crippen LogP contribution is -2.52. The number of halogens is 5. The van der Waals surface area contributed by atoms with Gasteiger partial charge < -0.3 is 5.11 Å². The number of hydrogen-bond acceptors (Lipinski definition) is 1. The molecule has 0 spiro atoms. The van der Waals surface area contributed by atoms with Gasteiger partial charge in [-0.25, -0.2) is 8.78 Å². The predicted octanol–water partition coefficient (Wildman–Crippen LogP) is 3.15. The van der Waals surface area contributed by atoms with Crippen molar-refractivity contribution in [1.82, 2.24) is 0 Å². The summed E-state index contributed by atoms with van der Waals surface area (Å²) in [7, 11) is 0. The Morgan fingerprint density at radius 3 is 2.18 bits per heavy atom. The summed E-state index contributed by atoms with van der Waals surface area (Å²) in [6.45, 7) is 0. The third-order valence-corrected chi connectivity index (χ3v) is 3.84. The molecule has 0 radical (unpaired) electrons. The highest BCUT2D eigenvalue weighted by Crippen LogP contribution is 2.50. The maximum atomic E-state index is 12.5. The molecule has 0 amide bonds. The van der Waals surface area contributed by atoms with Gasteiger partial charge in [-0.1, -0.05) is 12.2 Å². The zero-order valence-electron chi connectivity index (χ0n) is 8.92. The molecule has 17 heavy (non-hydrogen) atoms. The Balaban J connectivity index is 2.12. The third kappa shape index (κ3) is 2.07. The predicted molar refractivity (Wildman–Crippen MR) is 50.5 cm³/mol. The van der Waals surface area contributed by atoms with Gasteiger partial charge in [-0.2, -0.15) is 13.2 Å². The number of allylic oxidation sites excluding steroid dienone is 2. The van der Waals surface area contributed by atoms with E-state index in [2.05, 4.69) is 0 Å². The minimum absolute atomic E-state index is 0.0902. The van der Waals surface area contributed by atoms with E-state index in [-0.39, 0.29) is 11.8 Å². The van der Waals surface area contributed by atoms with Gasteiger partial charge in [0.25, 0.3) is 6.43 Å². The van der Waals surface area contributed by atoms with Crippen molar-refractivity contribution in [1.29, 1.82) is 0 Å². The lowest BCUT2D eigenvalue weighted by atomic mass is 9.82. The molecule has 1 saturated carbocycles. The van der Waals surface area contributed by atoms with Crippen LogP contribution in [-0.2, 0) is 0 Å². The molecule has 0 saturated heterocycles. The van der Waals surface area contributed by atoms with Gasteiger partial charge in [0, 0.05) is 0 Å². The highest BCUT2D eigenvalue weighted by Gasteiger charge is 2.61. The Labute approximate surface area is 95.3 Å². The Morgan fingerprint density at radius 2 is 1.82 bits per heavy atom. The van der Waals surface area contributed by atoms with Gasteiger partial charge in [-0.3, -0.25) is 0 Å². The van der Waals surface area contributed by atoms with Gasteiger partial charge in [0.05, 0.1) is 0 Å². The fourth-order valence-electron chi connectivity index (χ4n) is 2.86. The topological polar surface area (TPSA) is 20.2 Å². The lowest BCUT2D eigenvalue weighted by Gasteiger charge is -2.33. The molecule has 0 aromatic rings. The first-order chi connectivity index (χ1) is 7.74. The second-order valence-corrected chi connectivity index (χ2v) is 4.97. The van der Waals surface area contributed by atoms with E-state index in [1.165, 1.54) is 0 Å². The summed E-state index contributed by atoms with van der Waals surface area (Å²) in [5, 5.41) is 9.21. The van der Waals surface area contributed by atoms with Crippen molar-refractivity contribution in [3.05, 3.63) is 12.2 Å². The van der Waals surface area contributed by atoms with Crippen molar-refractivity contribution < 1.29 is 27.1 Å². The van der Waals surface area contributed by atoms with Crippen LogP contribution in [0.25, 0.3) is 0 Å². The smallest absolute Gasteiger partial charge is 0.376 e. The monoisotopic (exact) mass is 256 g/mol. The van der Waals surface area contributed by atoms with Gasteiger partial charge >= 0.3 is 6.18 Å². The molecule has 4 atom stereocenters. The normalized spacial score (nSPS) is 35.6. The van der Waals surface area contributed by atoms with Gasteiger partial charge in [-0.05, 0) is 37.0 Å². The number of fused-ring (bicyclic) bond motifs is 2. The fourth-order valence-corrected chi connectivity index (χ4v) is 2.86. The zero-order valence-corrected chi connectivity index (χ0v) is 8.92. The van der Waals surface area contributed by atoms with Crippen molar-refractivity contribution in [3.63, 3.8) is 0 Å². The second-order valence-electron chi connectivity index (χ2n) is 4.97.